The molecule has 0 aliphatic rings. The summed E-state index contributed by atoms with van der Waals surface area (Å²) in [5.74, 6) is -1.30. The van der Waals surface area contributed by atoms with Crippen molar-refractivity contribution in [2.75, 3.05) is 39.6 Å². The van der Waals surface area contributed by atoms with Crippen molar-refractivity contribution >= 4 is 39.5 Å². The van der Waals surface area contributed by atoms with Crippen LogP contribution >= 0.6 is 15.6 Å². The summed E-state index contributed by atoms with van der Waals surface area (Å²) in [5.41, 5.74) is 0. The van der Waals surface area contributed by atoms with Crippen LogP contribution in [0.5, 0.6) is 0 Å². The van der Waals surface area contributed by atoms with Crippen LogP contribution in [0.15, 0.2) is 0 Å². The molecule has 0 aromatic rings. The minimum absolute atomic E-state index is 0.105. The molecular formula is C65H126O17P2. The minimum Gasteiger partial charge on any atom is -0.462 e. The van der Waals surface area contributed by atoms with Crippen LogP contribution in [0.4, 0.5) is 0 Å². The number of hydrogen-bond donors (Lipinski definition) is 3. The van der Waals surface area contributed by atoms with Gasteiger partial charge in [0, 0.05) is 25.7 Å². The molecule has 3 unspecified atom stereocenters. The van der Waals surface area contributed by atoms with E-state index < -0.39 is 97.5 Å². The van der Waals surface area contributed by atoms with Crippen molar-refractivity contribution in [3.8, 4) is 0 Å². The van der Waals surface area contributed by atoms with Gasteiger partial charge >= 0.3 is 39.5 Å². The van der Waals surface area contributed by atoms with Crippen molar-refractivity contribution < 1.29 is 80.2 Å². The van der Waals surface area contributed by atoms with Crippen molar-refractivity contribution in [2.45, 2.75) is 348 Å². The summed E-state index contributed by atoms with van der Waals surface area (Å²) in [5, 5.41) is 10.5. The Kier molecular flexibility index (Phi) is 57.4. The quantitative estimate of drug-likeness (QED) is 0.0222. The first-order valence-corrected chi connectivity index (χ1v) is 37.2. The van der Waals surface area contributed by atoms with Gasteiger partial charge < -0.3 is 33.8 Å². The molecule has 0 aliphatic carbocycles. The number of carbonyl (C=O) groups is 4. The normalized spacial score (nSPS) is 14.5. The molecule has 498 valence electrons. The lowest BCUT2D eigenvalue weighted by molar-refractivity contribution is -0.161. The number of phosphoric acid groups is 2. The molecule has 0 aliphatic heterocycles. The second kappa shape index (κ2) is 58.7. The number of esters is 4. The van der Waals surface area contributed by atoms with E-state index in [9.17, 15) is 43.2 Å². The number of hydrogen-bond acceptors (Lipinski definition) is 15. The van der Waals surface area contributed by atoms with Gasteiger partial charge in [-0.1, -0.05) is 279 Å². The predicted molar refractivity (Wildman–Crippen MR) is 335 cm³/mol. The van der Waals surface area contributed by atoms with Gasteiger partial charge in [-0.3, -0.25) is 37.3 Å². The fourth-order valence-electron chi connectivity index (χ4n) is 9.73. The fourth-order valence-corrected chi connectivity index (χ4v) is 11.3. The van der Waals surface area contributed by atoms with Crippen molar-refractivity contribution in [3.63, 3.8) is 0 Å². The number of aliphatic hydroxyl groups excluding tert-OH is 1. The average Bonchev–Trinajstić information content (AvgIpc) is 3.59. The summed E-state index contributed by atoms with van der Waals surface area (Å²) in [6.07, 6.45) is 43.3. The van der Waals surface area contributed by atoms with Gasteiger partial charge in [0.2, 0.25) is 0 Å². The number of carbonyl (C=O) groups excluding carboxylic acids is 4. The van der Waals surface area contributed by atoms with Gasteiger partial charge in [-0.25, -0.2) is 9.13 Å². The minimum atomic E-state index is -4.94. The third kappa shape index (κ3) is 57.8. The van der Waals surface area contributed by atoms with Crippen LogP contribution in [-0.2, 0) is 65.4 Å². The van der Waals surface area contributed by atoms with Crippen LogP contribution in [0.1, 0.15) is 330 Å². The van der Waals surface area contributed by atoms with Crippen LogP contribution in [-0.4, -0.2) is 96.7 Å². The number of unbranched alkanes of at least 4 members (excludes halogenated alkanes) is 36. The molecule has 3 N–H and O–H groups in total. The highest BCUT2D eigenvalue weighted by molar-refractivity contribution is 7.47. The Bertz CT molecular complexity index is 1640. The molecule has 0 rings (SSSR count). The van der Waals surface area contributed by atoms with Crippen LogP contribution in [0.25, 0.3) is 0 Å². The second-order valence-electron chi connectivity index (χ2n) is 23.7. The Hall–Kier alpha value is -1.94. The summed E-state index contributed by atoms with van der Waals surface area (Å²) in [6, 6.07) is 0. The standard InChI is InChI=1S/C65H126O17P2/c1-6-10-13-16-18-20-21-27-31-34-39-44-49-63(68)76-55-61(82-65(70)51-46-41-36-32-28-25-23-22-24-26-30-33-38-42-47-58(5)9-4)57-80-84(73,74)78-53-59(66)52-77-83(71,72)79-56-60(54-75-62(67)48-43-37-15-12-8-3)81-64(69)50-45-40-35-29-19-17-14-11-7-2/h58-61,66H,6-57H2,1-5H3,(H,71,72)(H,73,74)/t58?,59-,60+,61+/m0/s1. The maximum Gasteiger partial charge on any atom is 0.472 e. The summed E-state index contributed by atoms with van der Waals surface area (Å²) in [7, 11) is -9.88. The van der Waals surface area contributed by atoms with Crippen LogP contribution in [0, 0.1) is 5.92 Å². The number of rotatable bonds is 65. The molecule has 0 fully saturated rings. The maximum atomic E-state index is 13.0. The Morgan fingerprint density at radius 1 is 0.333 bits per heavy atom. The van der Waals surface area contributed by atoms with E-state index in [0.717, 1.165) is 102 Å². The molecule has 19 heteroatoms. The SMILES string of the molecule is CCCCCCCCCCCCCCC(=O)OC[C@H](COP(=O)(O)OC[C@@H](O)COP(=O)(O)OC[C@@H](COC(=O)CCCCCCC)OC(=O)CCCCCCCCCCC)OC(=O)CCCCCCCCCCCCCCCCC(C)CC. The smallest absolute Gasteiger partial charge is 0.462 e. The first-order valence-electron chi connectivity index (χ1n) is 34.2. The van der Waals surface area contributed by atoms with E-state index in [1.54, 1.807) is 0 Å². The lowest BCUT2D eigenvalue weighted by atomic mass is 9.99. The number of ether oxygens (including phenoxy) is 4. The summed E-state index contributed by atoms with van der Waals surface area (Å²) in [6.45, 7) is 7.16. The highest BCUT2D eigenvalue weighted by Crippen LogP contribution is 2.45. The van der Waals surface area contributed by atoms with E-state index >= 15 is 0 Å². The zero-order valence-corrected chi connectivity index (χ0v) is 55.8. The molecule has 0 heterocycles. The molecule has 0 spiro atoms. The molecule has 17 nitrogen and oxygen atoms in total. The highest BCUT2D eigenvalue weighted by Gasteiger charge is 2.30. The van der Waals surface area contributed by atoms with Crippen LogP contribution in [0.3, 0.4) is 0 Å². The molecule has 84 heavy (non-hydrogen) atoms. The van der Waals surface area contributed by atoms with Gasteiger partial charge in [-0.2, -0.15) is 0 Å². The number of aliphatic hydroxyl groups is 1. The van der Waals surface area contributed by atoms with Gasteiger partial charge in [-0.05, 0) is 31.6 Å². The van der Waals surface area contributed by atoms with Crippen molar-refractivity contribution in [2.24, 2.45) is 5.92 Å². The first-order chi connectivity index (χ1) is 40.6. The Morgan fingerprint density at radius 2 is 0.571 bits per heavy atom. The fraction of sp³-hybridized carbons (Fsp3) is 0.938. The monoisotopic (exact) mass is 1240 g/mol. The summed E-state index contributed by atoms with van der Waals surface area (Å²) < 4.78 is 67.8. The molecular weight excluding hydrogens is 1110 g/mol. The van der Waals surface area contributed by atoms with Crippen molar-refractivity contribution in [3.05, 3.63) is 0 Å². The third-order valence-electron chi connectivity index (χ3n) is 15.4. The molecule has 0 aromatic carbocycles. The molecule has 0 saturated carbocycles. The molecule has 6 atom stereocenters. The summed E-state index contributed by atoms with van der Waals surface area (Å²) >= 11 is 0. The molecule has 0 saturated heterocycles. The lowest BCUT2D eigenvalue weighted by Crippen LogP contribution is -2.30. The van der Waals surface area contributed by atoms with E-state index in [1.807, 2.05) is 0 Å². The topological polar surface area (TPSA) is 237 Å². The van der Waals surface area contributed by atoms with Gasteiger partial charge in [0.25, 0.3) is 0 Å². The molecule has 0 bridgehead atoms. The van der Waals surface area contributed by atoms with Gasteiger partial charge in [0.05, 0.1) is 26.4 Å². The van der Waals surface area contributed by atoms with Crippen LogP contribution < -0.4 is 0 Å². The largest absolute Gasteiger partial charge is 0.472 e. The summed E-state index contributed by atoms with van der Waals surface area (Å²) in [4.78, 5) is 72.0. The zero-order valence-electron chi connectivity index (χ0n) is 54.0. The van der Waals surface area contributed by atoms with E-state index in [1.165, 1.54) is 148 Å². The van der Waals surface area contributed by atoms with Crippen molar-refractivity contribution in [1.29, 1.82) is 0 Å². The second-order valence-corrected chi connectivity index (χ2v) is 26.7. The lowest BCUT2D eigenvalue weighted by Gasteiger charge is -2.21. The van der Waals surface area contributed by atoms with Gasteiger partial charge in [0.15, 0.2) is 12.2 Å². The molecule has 0 aromatic heterocycles. The van der Waals surface area contributed by atoms with Crippen LogP contribution in [0.2, 0.25) is 0 Å². The van der Waals surface area contributed by atoms with E-state index in [4.69, 9.17) is 37.0 Å². The Balaban J connectivity index is 5.14. The van der Waals surface area contributed by atoms with Gasteiger partial charge in [0.1, 0.15) is 19.3 Å². The maximum absolute atomic E-state index is 13.0. The first kappa shape index (κ1) is 82.1. The molecule has 0 amide bonds. The Labute approximate surface area is 511 Å². The average molecular weight is 1240 g/mol. The Morgan fingerprint density at radius 3 is 0.845 bits per heavy atom. The zero-order chi connectivity index (χ0) is 62.0. The van der Waals surface area contributed by atoms with Gasteiger partial charge in [-0.15, -0.1) is 0 Å². The third-order valence-corrected chi connectivity index (χ3v) is 17.3. The van der Waals surface area contributed by atoms with E-state index in [0.29, 0.717) is 25.7 Å². The highest BCUT2D eigenvalue weighted by atomic mass is 31.2. The van der Waals surface area contributed by atoms with Crippen molar-refractivity contribution in [1.82, 2.24) is 0 Å². The van der Waals surface area contributed by atoms with E-state index in [-0.39, 0.29) is 25.7 Å². The molecule has 0 radical (unpaired) electrons. The predicted octanol–water partition coefficient (Wildman–Crippen LogP) is 18.2. The number of phosphoric ester groups is 2. The van der Waals surface area contributed by atoms with E-state index in [2.05, 4.69) is 34.6 Å².